The number of guanidine groups is 1. The van der Waals surface area contributed by atoms with E-state index in [0.717, 1.165) is 5.56 Å². The second-order valence-corrected chi connectivity index (χ2v) is 5.51. The predicted octanol–water partition coefficient (Wildman–Crippen LogP) is 3.67. The summed E-state index contributed by atoms with van der Waals surface area (Å²) in [6.07, 6.45) is -4.34. The number of halogens is 4. The minimum atomic E-state index is -4.09. The molecule has 0 saturated carbocycles. The summed E-state index contributed by atoms with van der Waals surface area (Å²) in [7, 11) is 0. The van der Waals surface area contributed by atoms with E-state index in [2.05, 4.69) is 15.6 Å². The molecule has 0 spiro atoms. The lowest BCUT2D eigenvalue weighted by atomic mass is 10.0. The minimum absolute atomic E-state index is 0. The van der Waals surface area contributed by atoms with Crippen molar-refractivity contribution in [2.75, 3.05) is 26.2 Å². The quantitative estimate of drug-likeness (QED) is 0.222. The molecule has 0 saturated heterocycles. The highest BCUT2D eigenvalue weighted by atomic mass is 127. The lowest BCUT2D eigenvalue weighted by Crippen LogP contribution is -2.38. The van der Waals surface area contributed by atoms with Crippen molar-refractivity contribution in [3.8, 4) is 0 Å². The molecular formula is C17H27F3IN3O. The first-order valence-electron chi connectivity index (χ1n) is 8.21. The van der Waals surface area contributed by atoms with Gasteiger partial charge in [0, 0.05) is 25.4 Å². The van der Waals surface area contributed by atoms with Crippen LogP contribution in [-0.4, -0.2) is 43.5 Å². The highest BCUT2D eigenvalue weighted by Crippen LogP contribution is 2.21. The van der Waals surface area contributed by atoms with E-state index in [1.165, 1.54) is 0 Å². The first-order valence-corrected chi connectivity index (χ1v) is 8.21. The van der Waals surface area contributed by atoms with E-state index >= 15 is 0 Å². The third kappa shape index (κ3) is 11.2. The third-order valence-corrected chi connectivity index (χ3v) is 3.48. The van der Waals surface area contributed by atoms with Crippen LogP contribution in [0.5, 0.6) is 0 Å². The molecule has 0 aliphatic carbocycles. The van der Waals surface area contributed by atoms with Crippen molar-refractivity contribution >= 4 is 29.9 Å². The zero-order chi connectivity index (χ0) is 17.8. The number of alkyl halides is 3. The van der Waals surface area contributed by atoms with Crippen LogP contribution in [0.1, 0.15) is 37.7 Å². The topological polar surface area (TPSA) is 56.7 Å². The van der Waals surface area contributed by atoms with Gasteiger partial charge in [-0.3, -0.25) is 4.99 Å². The Balaban J connectivity index is 0.00000576. The largest absolute Gasteiger partial charge is 0.396 e. The van der Waals surface area contributed by atoms with E-state index in [-0.39, 0.29) is 42.9 Å². The van der Waals surface area contributed by atoms with E-state index in [0.29, 0.717) is 32.0 Å². The van der Waals surface area contributed by atoms with Crippen LogP contribution in [0.3, 0.4) is 0 Å². The summed E-state index contributed by atoms with van der Waals surface area (Å²) in [6.45, 7) is 3.39. The Labute approximate surface area is 164 Å². The van der Waals surface area contributed by atoms with Crippen LogP contribution in [0.4, 0.5) is 13.2 Å². The van der Waals surface area contributed by atoms with E-state index in [4.69, 9.17) is 0 Å². The fraction of sp³-hybridized carbons (Fsp3) is 0.588. The molecule has 25 heavy (non-hydrogen) atoms. The highest BCUT2D eigenvalue weighted by molar-refractivity contribution is 14.0. The Morgan fingerprint density at radius 3 is 2.40 bits per heavy atom. The summed E-state index contributed by atoms with van der Waals surface area (Å²) in [5, 5.41) is 15.6. The predicted molar refractivity (Wildman–Crippen MR) is 106 cm³/mol. The van der Waals surface area contributed by atoms with Crippen molar-refractivity contribution < 1.29 is 18.3 Å². The zero-order valence-electron chi connectivity index (χ0n) is 14.4. The van der Waals surface area contributed by atoms with Gasteiger partial charge in [0.15, 0.2) is 5.96 Å². The van der Waals surface area contributed by atoms with Crippen molar-refractivity contribution in [1.29, 1.82) is 0 Å². The summed E-state index contributed by atoms with van der Waals surface area (Å²) in [5.41, 5.74) is 1.00. The molecule has 1 aromatic rings. The lowest BCUT2D eigenvalue weighted by molar-refractivity contribution is -0.135. The Morgan fingerprint density at radius 1 is 1.16 bits per heavy atom. The lowest BCUT2D eigenvalue weighted by Gasteiger charge is -2.15. The summed E-state index contributed by atoms with van der Waals surface area (Å²) in [4.78, 5) is 4.42. The molecule has 1 aromatic carbocycles. The molecular weight excluding hydrogens is 446 g/mol. The van der Waals surface area contributed by atoms with Crippen molar-refractivity contribution in [3.63, 3.8) is 0 Å². The van der Waals surface area contributed by atoms with Gasteiger partial charge in [-0.15, -0.1) is 24.0 Å². The summed E-state index contributed by atoms with van der Waals surface area (Å²) < 4.78 is 36.3. The van der Waals surface area contributed by atoms with Gasteiger partial charge in [-0.2, -0.15) is 13.2 Å². The van der Waals surface area contributed by atoms with Crippen molar-refractivity contribution in [2.24, 2.45) is 4.99 Å². The van der Waals surface area contributed by atoms with Crippen LogP contribution in [0.2, 0.25) is 0 Å². The molecule has 1 unspecified atom stereocenters. The van der Waals surface area contributed by atoms with Gasteiger partial charge in [0.05, 0.1) is 13.2 Å². The SMILES string of the molecule is CCNC(=NCC(CO)c1ccccc1)NCCCCC(F)(F)F.I. The third-order valence-electron chi connectivity index (χ3n) is 3.48. The van der Waals surface area contributed by atoms with Crippen LogP contribution >= 0.6 is 24.0 Å². The molecule has 4 nitrogen and oxygen atoms in total. The molecule has 1 atom stereocenters. The Morgan fingerprint density at radius 2 is 1.84 bits per heavy atom. The number of aliphatic hydroxyl groups is 1. The maximum atomic E-state index is 12.1. The maximum Gasteiger partial charge on any atom is 0.389 e. The number of nitrogens with zero attached hydrogens (tertiary/aromatic N) is 1. The first kappa shape index (κ1) is 24.0. The molecule has 144 valence electrons. The second-order valence-electron chi connectivity index (χ2n) is 5.51. The Kier molecular flexibility index (Phi) is 12.7. The van der Waals surface area contributed by atoms with Crippen LogP contribution in [-0.2, 0) is 0 Å². The van der Waals surface area contributed by atoms with Crippen molar-refractivity contribution in [2.45, 2.75) is 38.3 Å². The summed E-state index contributed by atoms with van der Waals surface area (Å²) in [5.74, 6) is 0.450. The average molecular weight is 473 g/mol. The number of benzene rings is 1. The number of aliphatic hydroxyl groups excluding tert-OH is 1. The Bertz CT molecular complexity index is 484. The first-order chi connectivity index (χ1) is 11.5. The second kappa shape index (κ2) is 13.2. The fourth-order valence-corrected chi connectivity index (χ4v) is 2.19. The maximum absolute atomic E-state index is 12.1. The number of unbranched alkanes of at least 4 members (excludes halogenated alkanes) is 1. The highest BCUT2D eigenvalue weighted by Gasteiger charge is 2.25. The van der Waals surface area contributed by atoms with Gasteiger partial charge >= 0.3 is 6.18 Å². The summed E-state index contributed by atoms with van der Waals surface area (Å²) >= 11 is 0. The van der Waals surface area contributed by atoms with Crippen molar-refractivity contribution in [1.82, 2.24) is 10.6 Å². The molecule has 3 N–H and O–H groups in total. The monoisotopic (exact) mass is 473 g/mol. The van der Waals surface area contributed by atoms with Gasteiger partial charge < -0.3 is 15.7 Å². The van der Waals surface area contributed by atoms with Crippen LogP contribution in [0.15, 0.2) is 35.3 Å². The number of rotatable bonds is 9. The molecule has 0 bridgehead atoms. The van der Waals surface area contributed by atoms with Crippen LogP contribution < -0.4 is 10.6 Å². The smallest absolute Gasteiger partial charge is 0.389 e. The normalized spacial score (nSPS) is 13.1. The average Bonchev–Trinajstić information content (AvgIpc) is 2.55. The van der Waals surface area contributed by atoms with Crippen LogP contribution in [0.25, 0.3) is 0 Å². The standard InChI is InChI=1S/C17H26F3N3O.HI/c1-2-21-16(22-11-7-6-10-17(18,19)20)23-12-15(13-24)14-8-4-3-5-9-14;/h3-5,8-9,15,24H,2,6-7,10-13H2,1H3,(H2,21,22,23);1H. The number of hydrogen-bond acceptors (Lipinski definition) is 2. The molecule has 0 fully saturated rings. The Hall–Kier alpha value is -1.03. The fourth-order valence-electron chi connectivity index (χ4n) is 2.19. The van der Waals surface area contributed by atoms with Gasteiger partial charge in [0.25, 0.3) is 0 Å². The van der Waals surface area contributed by atoms with Crippen molar-refractivity contribution in [3.05, 3.63) is 35.9 Å². The molecule has 0 aliphatic rings. The minimum Gasteiger partial charge on any atom is -0.396 e. The molecule has 1 rings (SSSR count). The number of nitrogens with one attached hydrogen (secondary N) is 2. The van der Waals surface area contributed by atoms with Gasteiger partial charge in [-0.1, -0.05) is 30.3 Å². The molecule has 0 aliphatic heterocycles. The molecule has 0 radical (unpaired) electrons. The number of hydrogen-bond donors (Lipinski definition) is 3. The van der Waals surface area contributed by atoms with Gasteiger partial charge in [0.1, 0.15) is 0 Å². The van der Waals surface area contributed by atoms with E-state index in [1.807, 2.05) is 37.3 Å². The van der Waals surface area contributed by atoms with Crippen LogP contribution in [0, 0.1) is 0 Å². The van der Waals surface area contributed by atoms with Gasteiger partial charge in [0.2, 0.25) is 0 Å². The molecule has 0 amide bonds. The van der Waals surface area contributed by atoms with E-state index in [9.17, 15) is 18.3 Å². The zero-order valence-corrected chi connectivity index (χ0v) is 16.7. The molecule has 0 heterocycles. The number of aliphatic imine (C=N–C) groups is 1. The molecule has 8 heteroatoms. The van der Waals surface area contributed by atoms with Gasteiger partial charge in [-0.25, -0.2) is 0 Å². The van der Waals surface area contributed by atoms with E-state index < -0.39 is 12.6 Å². The summed E-state index contributed by atoms with van der Waals surface area (Å²) in [6, 6.07) is 9.60. The van der Waals surface area contributed by atoms with Gasteiger partial charge in [-0.05, 0) is 25.3 Å². The van der Waals surface area contributed by atoms with E-state index in [1.54, 1.807) is 0 Å². The molecule has 0 aromatic heterocycles.